The quantitative estimate of drug-likeness (QED) is 0.829. The summed E-state index contributed by atoms with van der Waals surface area (Å²) in [5, 5.41) is 1.11. The Balaban J connectivity index is 2.08. The molecule has 1 aliphatic heterocycles. The lowest BCUT2D eigenvalue weighted by molar-refractivity contribution is -0.121. The third-order valence-electron chi connectivity index (χ3n) is 3.16. The van der Waals surface area contributed by atoms with Crippen molar-refractivity contribution >= 4 is 34.8 Å². The summed E-state index contributed by atoms with van der Waals surface area (Å²) < 4.78 is 0. The van der Waals surface area contributed by atoms with Crippen LogP contribution in [-0.2, 0) is 4.79 Å². The Morgan fingerprint density at radius 2 is 2.06 bits per heavy atom. The fourth-order valence-electron chi connectivity index (χ4n) is 2.14. The Kier molecular flexibility index (Phi) is 3.89. The number of nitrogens with zero attached hydrogens (tertiary/aromatic N) is 2. The van der Waals surface area contributed by atoms with Crippen LogP contribution in [0.15, 0.2) is 12.3 Å². The molecule has 2 heterocycles. The number of carbonyl (C=O) groups is 1. The minimum Gasteiger partial charge on any atom is -0.355 e. The summed E-state index contributed by atoms with van der Waals surface area (Å²) in [6.07, 6.45) is 3.34. The minimum atomic E-state index is 0.192. The van der Waals surface area contributed by atoms with E-state index in [2.05, 4.69) is 9.88 Å². The molecule has 0 bridgehead atoms. The molecule has 0 atom stereocenters. The van der Waals surface area contributed by atoms with Crippen LogP contribution < -0.4 is 4.90 Å². The monoisotopic (exact) mass is 272 g/mol. The molecule has 0 aromatic carbocycles. The molecule has 5 heteroatoms. The van der Waals surface area contributed by atoms with Crippen LogP contribution in [0.4, 0.5) is 5.82 Å². The Morgan fingerprint density at radius 3 is 2.59 bits per heavy atom. The fraction of sp³-hybridized carbons (Fsp3) is 0.500. The summed E-state index contributed by atoms with van der Waals surface area (Å²) in [5.41, 5.74) is 0. The Labute approximate surface area is 111 Å². The van der Waals surface area contributed by atoms with Crippen molar-refractivity contribution in [1.29, 1.82) is 0 Å². The molecule has 3 nitrogen and oxygen atoms in total. The number of rotatable bonds is 2. The van der Waals surface area contributed by atoms with Crippen LogP contribution >= 0.6 is 23.2 Å². The standard InChI is InChI=1S/C12H14Cl2N2O/c1-8(17)9-2-4-16(5-3-9)12-11(14)6-10(13)7-15-12/h6-7,9H,2-5H2,1H3. The smallest absolute Gasteiger partial charge is 0.147 e. The number of hydrogen-bond donors (Lipinski definition) is 0. The summed E-state index contributed by atoms with van der Waals surface area (Å²) in [6, 6.07) is 1.70. The summed E-state index contributed by atoms with van der Waals surface area (Å²) in [7, 11) is 0. The van der Waals surface area contributed by atoms with Gasteiger partial charge in [0.15, 0.2) is 0 Å². The second kappa shape index (κ2) is 5.23. The van der Waals surface area contributed by atoms with Crippen LogP contribution in [0, 0.1) is 5.92 Å². The van der Waals surface area contributed by atoms with Crippen LogP contribution in [0.3, 0.4) is 0 Å². The van der Waals surface area contributed by atoms with E-state index in [-0.39, 0.29) is 11.7 Å². The van der Waals surface area contributed by atoms with Gasteiger partial charge < -0.3 is 4.90 Å². The molecule has 0 N–H and O–H groups in total. The lowest BCUT2D eigenvalue weighted by Gasteiger charge is -2.32. The molecule has 0 unspecified atom stereocenters. The molecule has 0 amide bonds. The molecule has 17 heavy (non-hydrogen) atoms. The predicted octanol–water partition coefficient (Wildman–Crippen LogP) is 3.19. The first kappa shape index (κ1) is 12.7. The molecule has 0 spiro atoms. The summed E-state index contributed by atoms with van der Waals surface area (Å²) >= 11 is 11.9. The third kappa shape index (κ3) is 2.90. The first-order valence-corrected chi connectivity index (χ1v) is 6.40. The number of anilines is 1. The van der Waals surface area contributed by atoms with Crippen LogP contribution in [-0.4, -0.2) is 23.9 Å². The van der Waals surface area contributed by atoms with E-state index in [0.717, 1.165) is 31.7 Å². The highest BCUT2D eigenvalue weighted by Crippen LogP contribution is 2.29. The molecule has 0 saturated carbocycles. The van der Waals surface area contributed by atoms with Crippen LogP contribution in [0.25, 0.3) is 0 Å². The SMILES string of the molecule is CC(=O)C1CCN(c2ncc(Cl)cc2Cl)CC1. The maximum atomic E-state index is 11.3. The number of ketones is 1. The second-order valence-electron chi connectivity index (χ2n) is 4.33. The molecule has 1 aromatic heterocycles. The van der Waals surface area contributed by atoms with Crippen molar-refractivity contribution in [2.75, 3.05) is 18.0 Å². The summed E-state index contributed by atoms with van der Waals surface area (Å²) in [5.74, 6) is 1.23. The van der Waals surface area contributed by atoms with Gasteiger partial charge in [-0.25, -0.2) is 4.98 Å². The molecule has 2 rings (SSSR count). The van der Waals surface area contributed by atoms with E-state index in [4.69, 9.17) is 23.2 Å². The van der Waals surface area contributed by atoms with Gasteiger partial charge in [-0.1, -0.05) is 23.2 Å². The van der Waals surface area contributed by atoms with Crippen molar-refractivity contribution < 1.29 is 4.79 Å². The van der Waals surface area contributed by atoms with Gasteiger partial charge in [0.2, 0.25) is 0 Å². The topological polar surface area (TPSA) is 33.2 Å². The number of halogens is 2. The van der Waals surface area contributed by atoms with E-state index in [1.54, 1.807) is 19.2 Å². The predicted molar refractivity (Wildman–Crippen MR) is 69.9 cm³/mol. The number of pyridine rings is 1. The molecular weight excluding hydrogens is 259 g/mol. The highest BCUT2D eigenvalue weighted by Gasteiger charge is 2.24. The number of carbonyl (C=O) groups excluding carboxylic acids is 1. The van der Waals surface area contributed by atoms with Crippen molar-refractivity contribution in [2.24, 2.45) is 5.92 Å². The molecule has 1 aromatic rings. The fourth-order valence-corrected chi connectivity index (χ4v) is 2.64. The molecule has 1 saturated heterocycles. The van der Waals surface area contributed by atoms with Gasteiger partial charge in [-0.2, -0.15) is 0 Å². The van der Waals surface area contributed by atoms with Crippen molar-refractivity contribution in [3.63, 3.8) is 0 Å². The van der Waals surface area contributed by atoms with Crippen molar-refractivity contribution in [3.8, 4) is 0 Å². The Morgan fingerprint density at radius 1 is 1.41 bits per heavy atom. The van der Waals surface area contributed by atoms with Gasteiger partial charge in [-0.05, 0) is 25.8 Å². The van der Waals surface area contributed by atoms with Crippen LogP contribution in [0.1, 0.15) is 19.8 Å². The zero-order valence-electron chi connectivity index (χ0n) is 9.62. The Hall–Kier alpha value is -0.800. The van der Waals surface area contributed by atoms with Gasteiger partial charge in [0.05, 0.1) is 10.0 Å². The molecule has 0 radical (unpaired) electrons. The molecule has 92 valence electrons. The molecule has 1 fully saturated rings. The summed E-state index contributed by atoms with van der Waals surface area (Å²) in [4.78, 5) is 17.6. The average Bonchev–Trinajstić information content (AvgIpc) is 2.29. The lowest BCUT2D eigenvalue weighted by atomic mass is 9.93. The van der Waals surface area contributed by atoms with Gasteiger partial charge in [-0.15, -0.1) is 0 Å². The van der Waals surface area contributed by atoms with Crippen molar-refractivity contribution in [3.05, 3.63) is 22.3 Å². The normalized spacial score (nSPS) is 17.2. The summed E-state index contributed by atoms with van der Waals surface area (Å²) in [6.45, 7) is 3.30. The number of Topliss-reactive ketones (excluding diaryl/α,β-unsaturated/α-hetero) is 1. The number of hydrogen-bond acceptors (Lipinski definition) is 3. The largest absolute Gasteiger partial charge is 0.355 e. The second-order valence-corrected chi connectivity index (χ2v) is 5.17. The lowest BCUT2D eigenvalue weighted by Crippen LogP contribution is -2.36. The van der Waals surface area contributed by atoms with Gasteiger partial charge in [0, 0.05) is 25.2 Å². The molecular formula is C12H14Cl2N2O. The van der Waals surface area contributed by atoms with Crippen molar-refractivity contribution in [2.45, 2.75) is 19.8 Å². The highest BCUT2D eigenvalue weighted by molar-refractivity contribution is 6.36. The van der Waals surface area contributed by atoms with Gasteiger partial charge in [0.25, 0.3) is 0 Å². The maximum absolute atomic E-state index is 11.3. The maximum Gasteiger partial charge on any atom is 0.147 e. The van der Waals surface area contributed by atoms with Crippen LogP contribution in [0.2, 0.25) is 10.0 Å². The number of aromatic nitrogens is 1. The zero-order valence-corrected chi connectivity index (χ0v) is 11.1. The van der Waals surface area contributed by atoms with E-state index in [1.165, 1.54) is 0 Å². The van der Waals surface area contributed by atoms with E-state index in [9.17, 15) is 4.79 Å². The van der Waals surface area contributed by atoms with E-state index in [1.807, 2.05) is 0 Å². The van der Waals surface area contributed by atoms with Gasteiger partial charge >= 0.3 is 0 Å². The average molecular weight is 273 g/mol. The first-order valence-electron chi connectivity index (χ1n) is 5.64. The highest BCUT2D eigenvalue weighted by atomic mass is 35.5. The van der Waals surface area contributed by atoms with Crippen LogP contribution in [0.5, 0.6) is 0 Å². The van der Waals surface area contributed by atoms with Crippen molar-refractivity contribution in [1.82, 2.24) is 4.98 Å². The molecule has 1 aliphatic rings. The Bertz CT molecular complexity index is 429. The van der Waals surface area contributed by atoms with Gasteiger partial charge in [0.1, 0.15) is 11.6 Å². The third-order valence-corrected chi connectivity index (χ3v) is 3.64. The van der Waals surface area contributed by atoms with E-state index >= 15 is 0 Å². The molecule has 0 aliphatic carbocycles. The first-order chi connectivity index (χ1) is 8.08. The van der Waals surface area contributed by atoms with E-state index < -0.39 is 0 Å². The number of piperidine rings is 1. The zero-order chi connectivity index (χ0) is 12.4. The minimum absolute atomic E-state index is 0.192. The van der Waals surface area contributed by atoms with Gasteiger partial charge in [-0.3, -0.25) is 4.79 Å². The van der Waals surface area contributed by atoms with E-state index in [0.29, 0.717) is 10.0 Å².